The average molecular weight is 370 g/mol. The van der Waals surface area contributed by atoms with Crippen molar-refractivity contribution in [3.63, 3.8) is 0 Å². The fourth-order valence-electron chi connectivity index (χ4n) is 3.55. The Kier molecular flexibility index (Phi) is 6.05. The van der Waals surface area contributed by atoms with Crippen LogP contribution in [0.3, 0.4) is 0 Å². The van der Waals surface area contributed by atoms with Gasteiger partial charge in [-0.15, -0.1) is 0 Å². The number of hydrogen-bond acceptors (Lipinski definition) is 5. The Labute approximate surface area is 149 Å². The van der Waals surface area contributed by atoms with Crippen molar-refractivity contribution in [2.75, 3.05) is 37.3 Å². The van der Waals surface area contributed by atoms with E-state index in [0.717, 1.165) is 38.8 Å². The first-order valence-corrected chi connectivity index (χ1v) is 11.6. The number of anilines is 1. The second-order valence-electron chi connectivity index (χ2n) is 6.59. The van der Waals surface area contributed by atoms with Gasteiger partial charge in [0, 0.05) is 37.6 Å². The maximum absolute atomic E-state index is 13.1. The monoisotopic (exact) mass is 369 g/mol. The van der Waals surface area contributed by atoms with Crippen LogP contribution in [0.4, 0.5) is 5.82 Å². The van der Waals surface area contributed by atoms with E-state index in [4.69, 9.17) is 0 Å². The predicted molar refractivity (Wildman–Crippen MR) is 100 cm³/mol. The molecule has 1 unspecified atom stereocenters. The highest BCUT2D eigenvalue weighted by atomic mass is 32.2. The molecule has 3 heterocycles. The molecule has 0 amide bonds. The van der Waals surface area contributed by atoms with Gasteiger partial charge in [0.15, 0.2) is 0 Å². The van der Waals surface area contributed by atoms with Crippen molar-refractivity contribution in [1.82, 2.24) is 9.29 Å². The van der Waals surface area contributed by atoms with Crippen molar-refractivity contribution >= 4 is 27.6 Å². The van der Waals surface area contributed by atoms with E-state index in [1.165, 1.54) is 12.8 Å². The molecular weight excluding hydrogens is 342 g/mol. The topological polar surface area (TPSA) is 53.5 Å². The number of aromatic nitrogens is 1. The van der Waals surface area contributed by atoms with Crippen LogP contribution < -0.4 is 4.90 Å². The van der Waals surface area contributed by atoms with Gasteiger partial charge in [0.25, 0.3) is 0 Å². The summed E-state index contributed by atoms with van der Waals surface area (Å²) in [4.78, 5) is 7.05. The molecule has 1 aromatic rings. The van der Waals surface area contributed by atoms with Crippen LogP contribution in [0.5, 0.6) is 0 Å². The second-order valence-corrected chi connectivity index (χ2v) is 9.63. The van der Waals surface area contributed by atoms with E-state index in [1.54, 1.807) is 22.6 Å². The molecule has 7 heteroatoms. The predicted octanol–water partition coefficient (Wildman–Crippen LogP) is 2.98. The molecule has 24 heavy (non-hydrogen) atoms. The lowest BCUT2D eigenvalue weighted by Gasteiger charge is -2.30. The number of hydrogen-bond donors (Lipinski definition) is 0. The van der Waals surface area contributed by atoms with E-state index in [9.17, 15) is 8.42 Å². The first-order chi connectivity index (χ1) is 11.6. The van der Waals surface area contributed by atoms with Crippen LogP contribution in [0.25, 0.3) is 0 Å². The molecule has 2 fully saturated rings. The molecule has 0 bridgehead atoms. The summed E-state index contributed by atoms with van der Waals surface area (Å²) in [5.41, 5.74) is 0. The lowest BCUT2D eigenvalue weighted by Crippen LogP contribution is -2.38. The fraction of sp³-hybridized carbons (Fsp3) is 0.706. The lowest BCUT2D eigenvalue weighted by atomic mass is 10.2. The normalized spacial score (nSPS) is 23.9. The minimum Gasteiger partial charge on any atom is -0.354 e. The Hall–Kier alpha value is -0.790. The van der Waals surface area contributed by atoms with Gasteiger partial charge in [-0.25, -0.2) is 13.4 Å². The van der Waals surface area contributed by atoms with Gasteiger partial charge < -0.3 is 4.90 Å². The van der Waals surface area contributed by atoms with Gasteiger partial charge in [-0.05, 0) is 44.1 Å². The molecular formula is C17H27N3O2S2. The van der Waals surface area contributed by atoms with Gasteiger partial charge in [-0.3, -0.25) is 0 Å². The van der Waals surface area contributed by atoms with Crippen molar-refractivity contribution in [1.29, 1.82) is 0 Å². The molecule has 5 nitrogen and oxygen atoms in total. The summed E-state index contributed by atoms with van der Waals surface area (Å²) in [6, 6.07) is 3.47. The summed E-state index contributed by atoms with van der Waals surface area (Å²) in [7, 11) is -3.46. The van der Waals surface area contributed by atoms with Gasteiger partial charge in [-0.1, -0.05) is 12.8 Å². The summed E-state index contributed by atoms with van der Waals surface area (Å²) in [6.45, 7) is 3.02. The van der Waals surface area contributed by atoms with E-state index >= 15 is 0 Å². The van der Waals surface area contributed by atoms with Crippen LogP contribution in [-0.4, -0.2) is 55.4 Å². The standard InChI is InChI=1S/C17H27N3O2S2/c1-23-15-8-3-6-11-19(14-15)17-16(9-7-10-18-17)24(21,22)20-12-4-2-5-13-20/h7,9-10,15H,2-6,8,11-14H2,1H3. The molecule has 2 aliphatic rings. The zero-order valence-corrected chi connectivity index (χ0v) is 16.0. The highest BCUT2D eigenvalue weighted by Crippen LogP contribution is 2.30. The summed E-state index contributed by atoms with van der Waals surface area (Å²) >= 11 is 1.87. The Bertz CT molecular complexity index is 645. The lowest BCUT2D eigenvalue weighted by molar-refractivity contribution is 0.346. The van der Waals surface area contributed by atoms with Gasteiger partial charge in [0.2, 0.25) is 10.0 Å². The summed E-state index contributed by atoms with van der Waals surface area (Å²) in [5, 5.41) is 0.542. The van der Waals surface area contributed by atoms with Gasteiger partial charge in [-0.2, -0.15) is 16.1 Å². The molecule has 0 spiro atoms. The Morgan fingerprint density at radius 1 is 1.12 bits per heavy atom. The van der Waals surface area contributed by atoms with Crippen LogP contribution in [0.1, 0.15) is 38.5 Å². The summed E-state index contributed by atoms with van der Waals surface area (Å²) < 4.78 is 27.9. The molecule has 134 valence electrons. The van der Waals surface area contributed by atoms with Gasteiger partial charge in [0.05, 0.1) is 0 Å². The van der Waals surface area contributed by atoms with Crippen LogP contribution in [0, 0.1) is 0 Å². The second kappa shape index (κ2) is 8.06. The number of pyridine rings is 1. The summed E-state index contributed by atoms with van der Waals surface area (Å²) in [6.07, 6.45) is 10.4. The number of rotatable bonds is 4. The Morgan fingerprint density at radius 2 is 1.88 bits per heavy atom. The molecule has 0 aliphatic carbocycles. The van der Waals surface area contributed by atoms with E-state index in [-0.39, 0.29) is 0 Å². The minimum absolute atomic E-state index is 0.383. The highest BCUT2D eigenvalue weighted by Gasteiger charge is 2.31. The van der Waals surface area contributed by atoms with Crippen molar-refractivity contribution in [2.24, 2.45) is 0 Å². The molecule has 0 aromatic carbocycles. The first kappa shape index (κ1) is 18.0. The zero-order valence-electron chi connectivity index (χ0n) is 14.4. The third-order valence-electron chi connectivity index (χ3n) is 4.94. The molecule has 2 aliphatic heterocycles. The number of nitrogens with zero attached hydrogens (tertiary/aromatic N) is 3. The van der Waals surface area contributed by atoms with Gasteiger partial charge >= 0.3 is 0 Å². The van der Waals surface area contributed by atoms with E-state index in [1.807, 2.05) is 11.8 Å². The van der Waals surface area contributed by atoms with Crippen LogP contribution in [0.15, 0.2) is 23.2 Å². The third-order valence-corrected chi connectivity index (χ3v) is 7.92. The third kappa shape index (κ3) is 3.89. The van der Waals surface area contributed by atoms with E-state index < -0.39 is 10.0 Å². The minimum atomic E-state index is -3.46. The van der Waals surface area contributed by atoms with E-state index in [0.29, 0.717) is 29.1 Å². The Balaban J connectivity index is 1.92. The van der Waals surface area contributed by atoms with Crippen molar-refractivity contribution in [3.8, 4) is 0 Å². The van der Waals surface area contributed by atoms with Crippen LogP contribution in [0.2, 0.25) is 0 Å². The highest BCUT2D eigenvalue weighted by molar-refractivity contribution is 7.99. The smallest absolute Gasteiger partial charge is 0.246 e. The van der Waals surface area contributed by atoms with Crippen molar-refractivity contribution < 1.29 is 8.42 Å². The maximum atomic E-state index is 13.1. The van der Waals surface area contributed by atoms with Crippen molar-refractivity contribution in [3.05, 3.63) is 18.3 Å². The molecule has 3 rings (SSSR count). The molecule has 1 atom stereocenters. The molecule has 0 saturated carbocycles. The van der Waals surface area contributed by atoms with Crippen molar-refractivity contribution in [2.45, 2.75) is 48.7 Å². The summed E-state index contributed by atoms with van der Waals surface area (Å²) in [5.74, 6) is 0.643. The number of thioether (sulfide) groups is 1. The van der Waals surface area contributed by atoms with Crippen LogP contribution >= 0.6 is 11.8 Å². The maximum Gasteiger partial charge on any atom is 0.246 e. The van der Waals surface area contributed by atoms with Gasteiger partial charge in [0.1, 0.15) is 10.7 Å². The largest absolute Gasteiger partial charge is 0.354 e. The number of sulfonamides is 1. The molecule has 1 aromatic heterocycles. The average Bonchev–Trinajstić information content (AvgIpc) is 2.88. The molecule has 0 radical (unpaired) electrons. The Morgan fingerprint density at radius 3 is 2.62 bits per heavy atom. The quantitative estimate of drug-likeness (QED) is 0.817. The SMILES string of the molecule is CSC1CCCCN(c2ncccc2S(=O)(=O)N2CCCCC2)C1. The molecule has 0 N–H and O–H groups in total. The first-order valence-electron chi connectivity index (χ1n) is 8.86. The fourth-order valence-corrected chi connectivity index (χ4v) is 5.96. The number of piperidine rings is 1. The zero-order chi connectivity index (χ0) is 17.0. The van der Waals surface area contributed by atoms with Crippen LogP contribution in [-0.2, 0) is 10.0 Å². The van der Waals surface area contributed by atoms with E-state index in [2.05, 4.69) is 16.1 Å². The molecule has 2 saturated heterocycles.